The highest BCUT2D eigenvalue weighted by molar-refractivity contribution is 6.99. The van der Waals surface area contributed by atoms with Gasteiger partial charge in [-0.1, -0.05) is 81.4 Å². The summed E-state index contributed by atoms with van der Waals surface area (Å²) in [6.07, 6.45) is 0.451. The Morgan fingerprint density at radius 3 is 1.88 bits per heavy atom. The van der Waals surface area contributed by atoms with Gasteiger partial charge in [0, 0.05) is 0 Å². The summed E-state index contributed by atoms with van der Waals surface area (Å²) in [4.78, 5) is 10.9. The van der Waals surface area contributed by atoms with Crippen LogP contribution in [0.15, 0.2) is 60.7 Å². The van der Waals surface area contributed by atoms with Gasteiger partial charge in [-0.3, -0.25) is 0 Å². The minimum absolute atomic E-state index is 0.0543. The predicted octanol–water partition coefficient (Wildman–Crippen LogP) is 2.53. The fraction of sp³-hybridized carbons (Fsp3) is 0.350. The summed E-state index contributed by atoms with van der Waals surface area (Å²) in [6.45, 7) is 7.18. The van der Waals surface area contributed by atoms with Gasteiger partial charge in [0.25, 0.3) is 8.32 Å². The molecule has 4 heteroatoms. The summed E-state index contributed by atoms with van der Waals surface area (Å²) in [5, 5.41) is 2.43. The molecule has 3 rings (SSSR count). The Morgan fingerprint density at radius 2 is 1.50 bits per heavy atom. The Labute approximate surface area is 144 Å². The molecule has 2 aromatic carbocycles. The largest absolute Gasteiger partial charge is 0.405 e. The summed E-state index contributed by atoms with van der Waals surface area (Å²) in [7, 11) is -2.51. The van der Waals surface area contributed by atoms with Crippen molar-refractivity contribution in [3.8, 4) is 0 Å². The first-order chi connectivity index (χ1) is 11.5. The van der Waals surface area contributed by atoms with Crippen LogP contribution in [0.2, 0.25) is 5.04 Å². The lowest BCUT2D eigenvalue weighted by molar-refractivity contribution is -0.108. The molecule has 2 atom stereocenters. The molecule has 1 saturated heterocycles. The summed E-state index contributed by atoms with van der Waals surface area (Å²) < 4.78 is 12.1. The van der Waals surface area contributed by atoms with Crippen molar-refractivity contribution >= 4 is 25.0 Å². The molecule has 126 valence electrons. The van der Waals surface area contributed by atoms with E-state index in [1.807, 2.05) is 12.1 Å². The zero-order chi connectivity index (χ0) is 17.2. The van der Waals surface area contributed by atoms with Crippen LogP contribution in [-0.2, 0) is 14.0 Å². The number of carbonyl (C=O) groups excluding carboxylic acids is 1. The number of aldehydes is 1. The number of hydrogen-bond donors (Lipinski definition) is 0. The maximum Gasteiger partial charge on any atom is 0.261 e. The van der Waals surface area contributed by atoms with Gasteiger partial charge < -0.3 is 14.0 Å². The molecule has 0 amide bonds. The summed E-state index contributed by atoms with van der Waals surface area (Å²) in [5.74, 6) is 0. The molecule has 1 aliphatic rings. The molecule has 2 aromatic rings. The van der Waals surface area contributed by atoms with Gasteiger partial charge in [-0.05, 0) is 15.4 Å². The maximum atomic E-state index is 10.9. The minimum Gasteiger partial charge on any atom is -0.405 e. The zero-order valence-electron chi connectivity index (χ0n) is 14.4. The van der Waals surface area contributed by atoms with Crippen LogP contribution in [0.5, 0.6) is 0 Å². The predicted molar refractivity (Wildman–Crippen MR) is 98.3 cm³/mol. The van der Waals surface area contributed by atoms with Gasteiger partial charge in [0.05, 0.1) is 6.61 Å². The third kappa shape index (κ3) is 3.09. The number of epoxide rings is 1. The third-order valence-corrected chi connectivity index (χ3v) is 9.64. The standard InChI is InChI=1S/C20H24O3Si/c1-20(2,3)24(16-10-6-4-7-11-16,17-12-8-5-9-13-17)22-15-19-18(14-21)23-19/h4-14,18-19H,15H2,1-3H3/t18-,19-/m1/s1. The van der Waals surface area contributed by atoms with E-state index in [4.69, 9.17) is 9.16 Å². The molecule has 1 heterocycles. The van der Waals surface area contributed by atoms with E-state index < -0.39 is 8.32 Å². The van der Waals surface area contributed by atoms with E-state index in [0.717, 1.165) is 6.29 Å². The van der Waals surface area contributed by atoms with E-state index >= 15 is 0 Å². The van der Waals surface area contributed by atoms with Crippen LogP contribution in [-0.4, -0.2) is 33.4 Å². The summed E-state index contributed by atoms with van der Waals surface area (Å²) in [5.41, 5.74) is 0. The molecule has 0 saturated carbocycles. The lowest BCUT2D eigenvalue weighted by Gasteiger charge is -2.43. The topological polar surface area (TPSA) is 38.8 Å². The molecule has 0 N–H and O–H groups in total. The smallest absolute Gasteiger partial charge is 0.261 e. The molecule has 3 nitrogen and oxygen atoms in total. The van der Waals surface area contributed by atoms with Crippen molar-refractivity contribution in [2.75, 3.05) is 6.61 Å². The average molecular weight is 340 g/mol. The molecule has 0 aliphatic carbocycles. The number of carbonyl (C=O) groups is 1. The van der Waals surface area contributed by atoms with Gasteiger partial charge in [0.2, 0.25) is 0 Å². The highest BCUT2D eigenvalue weighted by Crippen LogP contribution is 2.37. The van der Waals surface area contributed by atoms with Gasteiger partial charge in [-0.25, -0.2) is 0 Å². The summed E-state index contributed by atoms with van der Waals surface area (Å²) >= 11 is 0. The van der Waals surface area contributed by atoms with Crippen molar-refractivity contribution in [3.05, 3.63) is 60.7 Å². The second-order valence-corrected chi connectivity index (χ2v) is 11.6. The van der Waals surface area contributed by atoms with Gasteiger partial charge in [-0.15, -0.1) is 0 Å². The van der Waals surface area contributed by atoms with E-state index in [2.05, 4.69) is 69.3 Å². The van der Waals surface area contributed by atoms with Crippen LogP contribution in [0.4, 0.5) is 0 Å². The molecule has 0 bridgehead atoms. The molecular weight excluding hydrogens is 316 g/mol. The maximum absolute atomic E-state index is 10.9. The third-order valence-electron chi connectivity index (χ3n) is 4.64. The Balaban J connectivity index is 2.05. The highest BCUT2D eigenvalue weighted by atomic mass is 28.4. The second-order valence-electron chi connectivity index (χ2n) is 7.25. The van der Waals surface area contributed by atoms with Crippen LogP contribution in [0.25, 0.3) is 0 Å². The van der Waals surface area contributed by atoms with Crippen LogP contribution in [0.1, 0.15) is 20.8 Å². The van der Waals surface area contributed by atoms with Crippen LogP contribution < -0.4 is 10.4 Å². The molecule has 0 radical (unpaired) electrons. The Kier molecular flexibility index (Phi) is 4.72. The van der Waals surface area contributed by atoms with Gasteiger partial charge in [-0.2, -0.15) is 0 Å². The number of benzene rings is 2. The number of ether oxygens (including phenoxy) is 1. The molecule has 0 spiro atoms. The normalized spacial score (nSPS) is 20.6. The lowest BCUT2D eigenvalue weighted by atomic mass is 10.2. The van der Waals surface area contributed by atoms with Gasteiger partial charge in [0.1, 0.15) is 12.2 Å². The quantitative estimate of drug-likeness (QED) is 0.461. The lowest BCUT2D eigenvalue weighted by Crippen LogP contribution is -2.66. The Bertz CT molecular complexity index is 640. The van der Waals surface area contributed by atoms with Crippen molar-refractivity contribution < 1.29 is 14.0 Å². The van der Waals surface area contributed by atoms with E-state index in [9.17, 15) is 4.79 Å². The fourth-order valence-corrected chi connectivity index (χ4v) is 7.95. The Morgan fingerprint density at radius 1 is 1.00 bits per heavy atom. The Hall–Kier alpha value is -1.75. The van der Waals surface area contributed by atoms with Gasteiger partial charge in [0.15, 0.2) is 6.29 Å². The summed E-state index contributed by atoms with van der Waals surface area (Å²) in [6, 6.07) is 21.0. The SMILES string of the molecule is CC(C)(C)[Si](OC[C@H]1O[C@@H]1C=O)(c1ccccc1)c1ccccc1. The zero-order valence-corrected chi connectivity index (χ0v) is 15.4. The van der Waals surface area contributed by atoms with Crippen LogP contribution in [0.3, 0.4) is 0 Å². The fourth-order valence-electron chi connectivity index (χ4n) is 3.38. The highest BCUT2D eigenvalue weighted by Gasteiger charge is 2.52. The second kappa shape index (κ2) is 6.63. The average Bonchev–Trinajstić information content (AvgIpc) is 3.35. The first-order valence-electron chi connectivity index (χ1n) is 8.35. The van der Waals surface area contributed by atoms with E-state index in [0.29, 0.717) is 6.61 Å². The molecule has 1 aliphatic heterocycles. The molecule has 1 fully saturated rings. The molecule has 24 heavy (non-hydrogen) atoms. The van der Waals surface area contributed by atoms with Crippen molar-refractivity contribution in [1.29, 1.82) is 0 Å². The van der Waals surface area contributed by atoms with Crippen LogP contribution in [0, 0.1) is 0 Å². The first-order valence-corrected chi connectivity index (χ1v) is 10.3. The first kappa shape index (κ1) is 17.1. The molecular formula is C20H24O3Si. The van der Waals surface area contributed by atoms with Crippen molar-refractivity contribution in [2.45, 2.75) is 38.0 Å². The van der Waals surface area contributed by atoms with E-state index in [1.54, 1.807) is 0 Å². The molecule has 0 unspecified atom stereocenters. The van der Waals surface area contributed by atoms with Crippen molar-refractivity contribution in [1.82, 2.24) is 0 Å². The molecule has 0 aromatic heterocycles. The van der Waals surface area contributed by atoms with E-state index in [1.165, 1.54) is 10.4 Å². The van der Waals surface area contributed by atoms with Gasteiger partial charge >= 0.3 is 0 Å². The van der Waals surface area contributed by atoms with Crippen molar-refractivity contribution in [2.24, 2.45) is 0 Å². The van der Waals surface area contributed by atoms with Crippen LogP contribution >= 0.6 is 0 Å². The number of rotatable bonds is 6. The minimum atomic E-state index is -2.51. The van der Waals surface area contributed by atoms with Crippen molar-refractivity contribution in [3.63, 3.8) is 0 Å². The monoisotopic (exact) mass is 340 g/mol. The van der Waals surface area contributed by atoms with E-state index in [-0.39, 0.29) is 17.2 Å². The number of hydrogen-bond acceptors (Lipinski definition) is 3.